The van der Waals surface area contributed by atoms with E-state index in [9.17, 15) is 21.6 Å². The van der Waals surface area contributed by atoms with E-state index in [2.05, 4.69) is 4.74 Å². The molecule has 0 aliphatic heterocycles. The fourth-order valence-electron chi connectivity index (χ4n) is 3.53. The summed E-state index contributed by atoms with van der Waals surface area (Å²) in [5.74, 6) is -0.410. The van der Waals surface area contributed by atoms with Gasteiger partial charge in [-0.25, -0.2) is 8.42 Å². The van der Waals surface area contributed by atoms with Crippen molar-refractivity contribution in [3.8, 4) is 5.75 Å². The summed E-state index contributed by atoms with van der Waals surface area (Å²) in [5.41, 5.74) is 1.42. The summed E-state index contributed by atoms with van der Waals surface area (Å²) >= 11 is 1.39. The molecule has 0 amide bonds. The topological polar surface area (TPSA) is 49.9 Å². The van der Waals surface area contributed by atoms with Crippen LogP contribution in [0.4, 0.5) is 18.2 Å². The van der Waals surface area contributed by atoms with E-state index >= 15 is 0 Å². The van der Waals surface area contributed by atoms with Gasteiger partial charge in [0.15, 0.2) is 0 Å². The monoisotopic (exact) mass is 500 g/mol. The highest BCUT2D eigenvalue weighted by atomic mass is 32.2. The van der Waals surface area contributed by atoms with E-state index in [0.717, 1.165) is 28.6 Å². The molecule has 0 N–H and O–H groups in total. The molecule has 0 unspecified atom stereocenters. The SMILES string of the molecule is CCCN(C)CCS(=O)(=O)N(Cc1ccc(OC(F)(F)F)cc1)c1sc2ccccc2c1C. The number of hydrogen-bond acceptors (Lipinski definition) is 5. The third kappa shape index (κ3) is 6.61. The van der Waals surface area contributed by atoms with E-state index in [4.69, 9.17) is 0 Å². The fourth-order valence-corrected chi connectivity index (χ4v) is 6.60. The van der Waals surface area contributed by atoms with Crippen molar-refractivity contribution in [3.63, 3.8) is 0 Å². The Morgan fingerprint density at radius 1 is 1.03 bits per heavy atom. The zero-order chi connectivity index (χ0) is 24.2. The van der Waals surface area contributed by atoms with Crippen LogP contribution in [0.2, 0.25) is 0 Å². The molecular weight excluding hydrogens is 473 g/mol. The van der Waals surface area contributed by atoms with Crippen LogP contribution in [0.25, 0.3) is 10.1 Å². The molecule has 0 bridgehead atoms. The van der Waals surface area contributed by atoms with E-state index in [-0.39, 0.29) is 18.0 Å². The van der Waals surface area contributed by atoms with Gasteiger partial charge in [0.25, 0.3) is 0 Å². The molecule has 180 valence electrons. The van der Waals surface area contributed by atoms with Gasteiger partial charge in [-0.2, -0.15) is 0 Å². The molecule has 0 aliphatic rings. The van der Waals surface area contributed by atoms with Crippen molar-refractivity contribution in [1.82, 2.24) is 4.90 Å². The molecule has 3 rings (SSSR count). The number of fused-ring (bicyclic) bond motifs is 1. The van der Waals surface area contributed by atoms with Gasteiger partial charge in [-0.3, -0.25) is 4.31 Å². The highest BCUT2D eigenvalue weighted by Gasteiger charge is 2.31. The lowest BCUT2D eigenvalue weighted by molar-refractivity contribution is -0.274. The highest BCUT2D eigenvalue weighted by molar-refractivity contribution is 7.93. The first-order valence-corrected chi connectivity index (χ1v) is 12.9. The van der Waals surface area contributed by atoms with Gasteiger partial charge in [-0.15, -0.1) is 24.5 Å². The standard InChI is InChI=1S/C23H27F3N2O3S2/c1-4-13-27(3)14-15-33(29,30)28(22-17(2)20-7-5-6-8-21(20)32-22)16-18-9-11-19(12-10-18)31-23(24,25)26/h5-12H,4,13-16H2,1-3H3. The van der Waals surface area contributed by atoms with E-state index in [1.807, 2.05) is 50.1 Å². The number of benzene rings is 2. The third-order valence-corrected chi connectivity index (χ3v) is 8.29. The van der Waals surface area contributed by atoms with Crippen molar-refractivity contribution in [2.75, 3.05) is 30.2 Å². The number of anilines is 1. The number of nitrogens with zero attached hydrogens (tertiary/aromatic N) is 2. The van der Waals surface area contributed by atoms with Crippen LogP contribution in [-0.2, 0) is 16.6 Å². The molecule has 5 nitrogen and oxygen atoms in total. The lowest BCUT2D eigenvalue weighted by Crippen LogP contribution is -2.36. The average Bonchev–Trinajstić information content (AvgIpc) is 3.07. The van der Waals surface area contributed by atoms with Crippen molar-refractivity contribution in [3.05, 3.63) is 59.7 Å². The Labute approximate surface area is 196 Å². The fraction of sp³-hybridized carbons (Fsp3) is 0.391. The number of rotatable bonds is 10. The Kier molecular flexibility index (Phi) is 7.92. The molecule has 0 atom stereocenters. The quantitative estimate of drug-likeness (QED) is 0.354. The summed E-state index contributed by atoms with van der Waals surface area (Å²) in [6, 6.07) is 13.0. The normalized spacial score (nSPS) is 12.5. The first kappa shape index (κ1) is 25.3. The van der Waals surface area contributed by atoms with Crippen LogP contribution >= 0.6 is 11.3 Å². The van der Waals surface area contributed by atoms with Crippen LogP contribution in [0.1, 0.15) is 24.5 Å². The van der Waals surface area contributed by atoms with E-state index in [1.54, 1.807) is 0 Å². The van der Waals surface area contributed by atoms with E-state index in [0.29, 0.717) is 17.1 Å². The van der Waals surface area contributed by atoms with Crippen LogP contribution < -0.4 is 9.04 Å². The molecule has 0 saturated carbocycles. The summed E-state index contributed by atoms with van der Waals surface area (Å²) < 4.78 is 70.6. The summed E-state index contributed by atoms with van der Waals surface area (Å²) in [4.78, 5) is 1.97. The van der Waals surface area contributed by atoms with Gasteiger partial charge >= 0.3 is 6.36 Å². The molecule has 33 heavy (non-hydrogen) atoms. The lowest BCUT2D eigenvalue weighted by atomic mass is 10.2. The van der Waals surface area contributed by atoms with Crippen molar-refractivity contribution < 1.29 is 26.3 Å². The van der Waals surface area contributed by atoms with Crippen molar-refractivity contribution in [1.29, 1.82) is 0 Å². The highest BCUT2D eigenvalue weighted by Crippen LogP contribution is 2.39. The zero-order valence-electron chi connectivity index (χ0n) is 18.7. The van der Waals surface area contributed by atoms with Crippen LogP contribution in [0.15, 0.2) is 48.5 Å². The second-order valence-corrected chi connectivity index (χ2v) is 10.9. The Hall–Kier alpha value is -2.30. The minimum Gasteiger partial charge on any atom is -0.406 e. The Morgan fingerprint density at radius 3 is 2.30 bits per heavy atom. The smallest absolute Gasteiger partial charge is 0.406 e. The molecule has 0 aliphatic carbocycles. The molecule has 0 fully saturated rings. The number of aryl methyl sites for hydroxylation is 1. The maximum atomic E-state index is 13.5. The van der Waals surface area contributed by atoms with Crippen LogP contribution in [-0.4, -0.2) is 45.6 Å². The van der Waals surface area contributed by atoms with Crippen molar-refractivity contribution in [2.24, 2.45) is 0 Å². The van der Waals surface area contributed by atoms with Gasteiger partial charge < -0.3 is 9.64 Å². The Morgan fingerprint density at radius 2 is 1.70 bits per heavy atom. The van der Waals surface area contributed by atoms with Gasteiger partial charge in [-0.05, 0) is 61.6 Å². The maximum Gasteiger partial charge on any atom is 0.573 e. The predicted octanol–water partition coefficient (Wildman–Crippen LogP) is 5.79. The minimum atomic E-state index is -4.78. The van der Waals surface area contributed by atoms with Crippen molar-refractivity contribution >= 4 is 36.4 Å². The molecule has 1 aromatic heterocycles. The van der Waals surface area contributed by atoms with Crippen LogP contribution in [0.3, 0.4) is 0 Å². The zero-order valence-corrected chi connectivity index (χ0v) is 20.4. The van der Waals surface area contributed by atoms with Gasteiger partial charge in [0.1, 0.15) is 10.8 Å². The maximum absolute atomic E-state index is 13.5. The second-order valence-electron chi connectivity index (χ2n) is 7.85. The molecule has 1 heterocycles. The van der Waals surface area contributed by atoms with E-state index in [1.165, 1.54) is 39.9 Å². The molecular formula is C23H27F3N2O3S2. The summed E-state index contributed by atoms with van der Waals surface area (Å²) in [6.07, 6.45) is -3.86. The second kappa shape index (κ2) is 10.3. The average molecular weight is 501 g/mol. The van der Waals surface area contributed by atoms with Gasteiger partial charge in [0.2, 0.25) is 10.0 Å². The van der Waals surface area contributed by atoms with Gasteiger partial charge in [0, 0.05) is 11.2 Å². The number of halogens is 3. The third-order valence-electron chi connectivity index (χ3n) is 5.20. The molecule has 0 spiro atoms. The molecule has 2 aromatic carbocycles. The Bertz CT molecular complexity index is 1180. The molecule has 3 aromatic rings. The minimum absolute atomic E-state index is 0.0137. The number of ether oxygens (including phenoxy) is 1. The Balaban J connectivity index is 1.94. The first-order valence-electron chi connectivity index (χ1n) is 10.5. The number of thiophene rings is 1. The van der Waals surface area contributed by atoms with E-state index < -0.39 is 16.4 Å². The van der Waals surface area contributed by atoms with Crippen molar-refractivity contribution in [2.45, 2.75) is 33.2 Å². The molecule has 0 saturated heterocycles. The van der Waals surface area contributed by atoms with Crippen LogP contribution in [0.5, 0.6) is 5.75 Å². The summed E-state index contributed by atoms with van der Waals surface area (Å²) in [7, 11) is -1.82. The number of hydrogen-bond donors (Lipinski definition) is 0. The number of alkyl halides is 3. The molecule has 0 radical (unpaired) electrons. The molecule has 10 heteroatoms. The summed E-state index contributed by atoms with van der Waals surface area (Å²) in [6.45, 7) is 5.11. The predicted molar refractivity (Wildman–Crippen MR) is 127 cm³/mol. The van der Waals surface area contributed by atoms with Gasteiger partial charge in [-0.1, -0.05) is 37.3 Å². The summed E-state index contributed by atoms with van der Waals surface area (Å²) in [5, 5.41) is 1.60. The van der Waals surface area contributed by atoms with Gasteiger partial charge in [0.05, 0.1) is 12.3 Å². The number of sulfonamides is 1. The lowest BCUT2D eigenvalue weighted by Gasteiger charge is -2.25. The largest absolute Gasteiger partial charge is 0.573 e. The first-order chi connectivity index (χ1) is 15.5. The van der Waals surface area contributed by atoms with Crippen LogP contribution in [0, 0.1) is 6.92 Å².